The first-order chi connectivity index (χ1) is 11.4. The highest BCUT2D eigenvalue weighted by Gasteiger charge is 2.34. The molecule has 0 atom stereocenters. The number of nitro benzene ring substituents is 1. The van der Waals surface area contributed by atoms with Crippen molar-refractivity contribution in [2.75, 3.05) is 31.9 Å². The molecule has 0 saturated carbocycles. The van der Waals surface area contributed by atoms with Gasteiger partial charge in [-0.3, -0.25) is 10.1 Å². The predicted molar refractivity (Wildman–Crippen MR) is 82.6 cm³/mol. The molecule has 24 heavy (non-hydrogen) atoms. The standard InChI is InChI=1S/C13H17N3O7S/c14-24(19,20)10-5-9(16(17)18)11(13-12(10)22-7-23-13)15-6-8-1-3-21-4-2-8/h5,8,15H,1-4,6-7H2,(H2,14,19,20). The molecule has 2 aliphatic rings. The normalized spacial score (nSPS) is 17.7. The maximum absolute atomic E-state index is 11.7. The fourth-order valence-corrected chi connectivity index (χ4v) is 3.43. The van der Waals surface area contributed by atoms with E-state index in [4.69, 9.17) is 19.3 Å². The van der Waals surface area contributed by atoms with Crippen molar-refractivity contribution in [1.82, 2.24) is 0 Å². The highest BCUT2D eigenvalue weighted by molar-refractivity contribution is 7.89. The molecule has 2 heterocycles. The lowest BCUT2D eigenvalue weighted by atomic mass is 10.0. The Kier molecular flexibility index (Phi) is 4.47. The van der Waals surface area contributed by atoms with E-state index < -0.39 is 25.5 Å². The van der Waals surface area contributed by atoms with Gasteiger partial charge in [0.25, 0.3) is 5.69 Å². The number of anilines is 1. The maximum Gasteiger partial charge on any atom is 0.297 e. The van der Waals surface area contributed by atoms with E-state index in [1.54, 1.807) is 0 Å². The summed E-state index contributed by atoms with van der Waals surface area (Å²) in [6, 6.07) is 0.898. The number of benzene rings is 1. The van der Waals surface area contributed by atoms with Gasteiger partial charge in [-0.05, 0) is 18.8 Å². The van der Waals surface area contributed by atoms with Crippen LogP contribution in [-0.2, 0) is 14.8 Å². The Bertz CT molecular complexity index is 759. The molecule has 0 spiro atoms. The van der Waals surface area contributed by atoms with Crippen LogP contribution in [0.5, 0.6) is 11.5 Å². The number of nitrogens with two attached hydrogens (primary N) is 1. The molecule has 132 valence electrons. The Hall–Kier alpha value is -2.11. The highest BCUT2D eigenvalue weighted by atomic mass is 32.2. The lowest BCUT2D eigenvalue weighted by Gasteiger charge is -2.23. The molecular formula is C13H17N3O7S. The van der Waals surface area contributed by atoms with Crippen LogP contribution in [0.2, 0.25) is 0 Å². The van der Waals surface area contributed by atoms with E-state index in [0.29, 0.717) is 25.7 Å². The van der Waals surface area contributed by atoms with Crippen LogP contribution in [0.3, 0.4) is 0 Å². The minimum absolute atomic E-state index is 0.000263. The largest absolute Gasteiger partial charge is 0.452 e. The smallest absolute Gasteiger partial charge is 0.297 e. The molecule has 1 fully saturated rings. The summed E-state index contributed by atoms with van der Waals surface area (Å²) in [4.78, 5) is 10.2. The van der Waals surface area contributed by atoms with E-state index in [0.717, 1.165) is 18.9 Å². The molecule has 1 saturated heterocycles. The summed E-state index contributed by atoms with van der Waals surface area (Å²) >= 11 is 0. The Morgan fingerprint density at radius 3 is 2.58 bits per heavy atom. The molecule has 0 bridgehead atoms. The van der Waals surface area contributed by atoms with Crippen molar-refractivity contribution in [2.24, 2.45) is 11.1 Å². The number of nitrogens with one attached hydrogen (secondary N) is 1. The topological polar surface area (TPSA) is 143 Å². The molecular weight excluding hydrogens is 342 g/mol. The van der Waals surface area contributed by atoms with Gasteiger partial charge in [-0.1, -0.05) is 0 Å². The Labute approximate surface area is 138 Å². The second kappa shape index (κ2) is 6.42. The summed E-state index contributed by atoms with van der Waals surface area (Å²) in [5, 5.41) is 19.5. The molecule has 1 aromatic rings. The maximum atomic E-state index is 11.7. The molecule has 11 heteroatoms. The van der Waals surface area contributed by atoms with Crippen molar-refractivity contribution in [3.8, 4) is 11.5 Å². The van der Waals surface area contributed by atoms with E-state index in [9.17, 15) is 18.5 Å². The van der Waals surface area contributed by atoms with Crippen LogP contribution < -0.4 is 19.9 Å². The predicted octanol–water partition coefficient (Wildman–Crippen LogP) is 0.809. The molecule has 1 aromatic carbocycles. The molecule has 3 N–H and O–H groups in total. The van der Waals surface area contributed by atoms with E-state index in [1.165, 1.54) is 0 Å². The molecule has 3 rings (SSSR count). The second-order valence-corrected chi connectivity index (χ2v) is 7.10. The molecule has 0 radical (unpaired) electrons. The average molecular weight is 359 g/mol. The highest BCUT2D eigenvalue weighted by Crippen LogP contribution is 2.48. The lowest BCUT2D eigenvalue weighted by molar-refractivity contribution is -0.384. The summed E-state index contributed by atoms with van der Waals surface area (Å²) in [6.07, 6.45) is 1.69. The minimum atomic E-state index is -4.19. The summed E-state index contributed by atoms with van der Waals surface area (Å²) in [7, 11) is -4.19. The lowest BCUT2D eigenvalue weighted by Crippen LogP contribution is -2.23. The number of nitro groups is 1. The van der Waals surface area contributed by atoms with Crippen LogP contribution in [0.15, 0.2) is 11.0 Å². The number of hydrogen-bond donors (Lipinski definition) is 2. The van der Waals surface area contributed by atoms with Crippen LogP contribution in [0, 0.1) is 16.0 Å². The number of hydrogen-bond acceptors (Lipinski definition) is 8. The van der Waals surface area contributed by atoms with Gasteiger partial charge in [-0.25, -0.2) is 13.6 Å². The monoisotopic (exact) mass is 359 g/mol. The van der Waals surface area contributed by atoms with Crippen LogP contribution in [-0.4, -0.2) is 39.9 Å². The number of nitrogens with zero attached hydrogens (tertiary/aromatic N) is 1. The summed E-state index contributed by atoms with van der Waals surface area (Å²) < 4.78 is 39.0. The second-order valence-electron chi connectivity index (χ2n) is 5.57. The van der Waals surface area contributed by atoms with Crippen molar-refractivity contribution >= 4 is 21.4 Å². The molecule has 10 nitrogen and oxygen atoms in total. The first-order valence-corrected chi connectivity index (χ1v) is 8.88. The third kappa shape index (κ3) is 3.23. The van der Waals surface area contributed by atoms with Gasteiger partial charge in [0.05, 0.1) is 4.92 Å². The molecule has 0 unspecified atom stereocenters. The number of rotatable bonds is 5. The number of primary sulfonamides is 1. The Balaban J connectivity index is 1.98. The Morgan fingerprint density at radius 1 is 1.29 bits per heavy atom. The van der Waals surface area contributed by atoms with Crippen molar-refractivity contribution in [3.63, 3.8) is 0 Å². The van der Waals surface area contributed by atoms with Gasteiger partial charge in [-0.2, -0.15) is 0 Å². The zero-order valence-corrected chi connectivity index (χ0v) is 13.5. The van der Waals surface area contributed by atoms with Gasteiger partial charge < -0.3 is 19.5 Å². The summed E-state index contributed by atoms with van der Waals surface area (Å²) in [6.45, 7) is 1.55. The number of sulfonamides is 1. The fraction of sp³-hybridized carbons (Fsp3) is 0.538. The van der Waals surface area contributed by atoms with Crippen LogP contribution in [0.1, 0.15) is 12.8 Å². The zero-order valence-electron chi connectivity index (χ0n) is 12.7. The van der Waals surface area contributed by atoms with E-state index in [-0.39, 0.29) is 24.0 Å². The Morgan fingerprint density at radius 2 is 1.96 bits per heavy atom. The van der Waals surface area contributed by atoms with E-state index in [2.05, 4.69) is 5.32 Å². The van der Waals surface area contributed by atoms with Crippen LogP contribution >= 0.6 is 0 Å². The van der Waals surface area contributed by atoms with Crippen LogP contribution in [0.4, 0.5) is 11.4 Å². The third-order valence-corrected chi connectivity index (χ3v) is 4.92. The minimum Gasteiger partial charge on any atom is -0.452 e. The quantitative estimate of drug-likeness (QED) is 0.580. The molecule has 0 amide bonds. The fourth-order valence-electron chi connectivity index (χ4n) is 2.75. The first kappa shape index (κ1) is 16.7. The van der Waals surface area contributed by atoms with Gasteiger partial charge >= 0.3 is 0 Å². The molecule has 0 aromatic heterocycles. The molecule has 2 aliphatic heterocycles. The molecule has 0 aliphatic carbocycles. The summed E-state index contributed by atoms with van der Waals surface area (Å²) in [5.74, 6) is 0.201. The van der Waals surface area contributed by atoms with Gasteiger partial charge in [0.15, 0.2) is 17.2 Å². The van der Waals surface area contributed by atoms with Crippen LogP contribution in [0.25, 0.3) is 0 Å². The zero-order chi connectivity index (χ0) is 17.3. The number of fused-ring (bicyclic) bond motifs is 1. The average Bonchev–Trinajstić information content (AvgIpc) is 3.01. The van der Waals surface area contributed by atoms with Gasteiger partial charge in [0.1, 0.15) is 4.90 Å². The van der Waals surface area contributed by atoms with Gasteiger partial charge in [-0.15, -0.1) is 0 Å². The number of ether oxygens (including phenoxy) is 3. The van der Waals surface area contributed by atoms with Gasteiger partial charge in [0.2, 0.25) is 16.8 Å². The van der Waals surface area contributed by atoms with Gasteiger partial charge in [0, 0.05) is 25.8 Å². The van der Waals surface area contributed by atoms with E-state index >= 15 is 0 Å². The van der Waals surface area contributed by atoms with Crippen molar-refractivity contribution in [3.05, 3.63) is 16.2 Å². The van der Waals surface area contributed by atoms with Crippen molar-refractivity contribution < 1.29 is 27.6 Å². The first-order valence-electron chi connectivity index (χ1n) is 7.33. The third-order valence-electron chi connectivity index (χ3n) is 4.00. The van der Waals surface area contributed by atoms with Crippen molar-refractivity contribution in [1.29, 1.82) is 0 Å². The van der Waals surface area contributed by atoms with Crippen molar-refractivity contribution in [2.45, 2.75) is 17.7 Å². The SMILES string of the molecule is NS(=O)(=O)c1cc([N+](=O)[O-])c(NCC2CCOCC2)c2c1OCO2. The summed E-state index contributed by atoms with van der Waals surface area (Å²) in [5.41, 5.74) is -0.318. The van der Waals surface area contributed by atoms with E-state index in [1.807, 2.05) is 0 Å².